The van der Waals surface area contributed by atoms with Crippen LogP contribution < -0.4 is 4.90 Å². The Morgan fingerprint density at radius 3 is 1.92 bits per heavy atom. The molecular formula is C50H31NOS. The molecule has 0 saturated heterocycles. The summed E-state index contributed by atoms with van der Waals surface area (Å²) in [6.45, 7) is 0. The van der Waals surface area contributed by atoms with Crippen molar-refractivity contribution in [2.24, 2.45) is 0 Å². The highest BCUT2D eigenvalue weighted by molar-refractivity contribution is 7.26. The van der Waals surface area contributed by atoms with Crippen molar-refractivity contribution in [2.45, 2.75) is 0 Å². The number of nitrogens with zero attached hydrogens (tertiary/aromatic N) is 1. The summed E-state index contributed by atoms with van der Waals surface area (Å²) in [5.41, 5.74) is 9.96. The lowest BCUT2D eigenvalue weighted by molar-refractivity contribution is 0.669. The van der Waals surface area contributed by atoms with Crippen molar-refractivity contribution in [3.05, 3.63) is 188 Å². The molecule has 0 aliphatic rings. The van der Waals surface area contributed by atoms with E-state index in [0.717, 1.165) is 39.0 Å². The minimum Gasteiger partial charge on any atom is -0.456 e. The molecule has 11 aromatic rings. The first kappa shape index (κ1) is 30.0. The standard InChI is InChI=1S/C50H31NOS/c1-2-10-32(11-3-1)37-24-28-45-42(31-37)49-40-15-8-16-43(39(40)27-29-46(49)52-45)51(44-17-9-19-48-50(44)41-14-6-7-18-47(41)53-48)38-25-22-34(23-26-38)36-21-20-33-12-4-5-13-35(33)30-36/h1-31H. The molecule has 0 N–H and O–H groups in total. The molecule has 0 atom stereocenters. The zero-order valence-corrected chi connectivity index (χ0v) is 29.5. The van der Waals surface area contributed by atoms with E-state index < -0.39 is 0 Å². The van der Waals surface area contributed by atoms with E-state index in [0.29, 0.717) is 0 Å². The van der Waals surface area contributed by atoms with E-state index in [9.17, 15) is 0 Å². The topological polar surface area (TPSA) is 16.4 Å². The van der Waals surface area contributed by atoms with Gasteiger partial charge in [-0.25, -0.2) is 0 Å². The Kier molecular flexibility index (Phi) is 6.76. The van der Waals surface area contributed by atoms with Gasteiger partial charge in [0.15, 0.2) is 0 Å². The van der Waals surface area contributed by atoms with Crippen LogP contribution in [0.5, 0.6) is 0 Å². The first-order chi connectivity index (χ1) is 26.3. The van der Waals surface area contributed by atoms with Gasteiger partial charge in [-0.05, 0) is 105 Å². The monoisotopic (exact) mass is 693 g/mol. The smallest absolute Gasteiger partial charge is 0.136 e. The van der Waals surface area contributed by atoms with E-state index in [1.165, 1.54) is 64.0 Å². The Balaban J connectivity index is 1.14. The maximum absolute atomic E-state index is 6.49. The second-order valence-corrected chi connectivity index (χ2v) is 14.8. The minimum absolute atomic E-state index is 0.895. The lowest BCUT2D eigenvalue weighted by atomic mass is 9.98. The van der Waals surface area contributed by atoms with Gasteiger partial charge in [-0.3, -0.25) is 0 Å². The van der Waals surface area contributed by atoms with Crippen molar-refractivity contribution in [1.29, 1.82) is 0 Å². The van der Waals surface area contributed by atoms with E-state index in [1.54, 1.807) is 0 Å². The molecule has 11 rings (SSSR count). The highest BCUT2D eigenvalue weighted by Gasteiger charge is 2.22. The van der Waals surface area contributed by atoms with Crippen molar-refractivity contribution in [1.82, 2.24) is 0 Å². The van der Waals surface area contributed by atoms with Gasteiger partial charge in [-0.2, -0.15) is 0 Å². The summed E-state index contributed by atoms with van der Waals surface area (Å²) in [5.74, 6) is 0. The summed E-state index contributed by atoms with van der Waals surface area (Å²) < 4.78 is 9.05. The number of fused-ring (bicyclic) bond motifs is 9. The van der Waals surface area contributed by atoms with Crippen LogP contribution in [0, 0.1) is 0 Å². The summed E-state index contributed by atoms with van der Waals surface area (Å²) in [6, 6.07) is 68.0. The highest BCUT2D eigenvalue weighted by atomic mass is 32.1. The number of hydrogen-bond donors (Lipinski definition) is 0. The molecule has 0 amide bonds. The third kappa shape index (κ3) is 4.86. The predicted octanol–water partition coefficient (Wildman–Crippen LogP) is 15.1. The Labute approximate surface area is 310 Å². The molecule has 2 heterocycles. The quantitative estimate of drug-likeness (QED) is 0.178. The normalized spacial score (nSPS) is 11.8. The molecule has 0 radical (unpaired) electrons. The van der Waals surface area contributed by atoms with Crippen LogP contribution in [0.1, 0.15) is 0 Å². The van der Waals surface area contributed by atoms with Crippen LogP contribution >= 0.6 is 11.3 Å². The van der Waals surface area contributed by atoms with E-state index in [1.807, 2.05) is 11.3 Å². The van der Waals surface area contributed by atoms with Crippen LogP contribution in [0.2, 0.25) is 0 Å². The van der Waals surface area contributed by atoms with Gasteiger partial charge in [0.25, 0.3) is 0 Å². The number of benzene rings is 9. The summed E-state index contributed by atoms with van der Waals surface area (Å²) in [4.78, 5) is 2.46. The van der Waals surface area contributed by atoms with Gasteiger partial charge in [-0.1, -0.05) is 121 Å². The van der Waals surface area contributed by atoms with Gasteiger partial charge in [0.05, 0.1) is 11.4 Å². The lowest BCUT2D eigenvalue weighted by Gasteiger charge is -2.28. The fourth-order valence-electron chi connectivity index (χ4n) is 8.14. The maximum atomic E-state index is 6.49. The summed E-state index contributed by atoms with van der Waals surface area (Å²) >= 11 is 1.85. The van der Waals surface area contributed by atoms with Gasteiger partial charge in [0.2, 0.25) is 0 Å². The molecule has 0 aliphatic carbocycles. The average molecular weight is 694 g/mol. The van der Waals surface area contributed by atoms with Crippen LogP contribution in [-0.4, -0.2) is 0 Å². The first-order valence-electron chi connectivity index (χ1n) is 18.0. The number of furan rings is 1. The SMILES string of the molecule is c1ccc(-c2ccc3oc4ccc5c(N(c6ccc(-c7ccc8ccccc8c7)cc6)c6cccc7sc8ccccc8c67)cccc5c4c3c2)cc1. The Hall–Kier alpha value is -6.68. The molecule has 0 unspecified atom stereocenters. The summed E-state index contributed by atoms with van der Waals surface area (Å²) in [6.07, 6.45) is 0. The molecule has 0 aliphatic heterocycles. The number of anilines is 3. The van der Waals surface area contributed by atoms with Crippen LogP contribution in [0.4, 0.5) is 17.1 Å². The van der Waals surface area contributed by atoms with Gasteiger partial charge in [-0.15, -0.1) is 11.3 Å². The predicted molar refractivity (Wildman–Crippen MR) is 227 cm³/mol. The molecule has 53 heavy (non-hydrogen) atoms. The third-order valence-corrected chi connectivity index (χ3v) is 11.8. The largest absolute Gasteiger partial charge is 0.456 e. The Bertz CT molecular complexity index is 3170. The first-order valence-corrected chi connectivity index (χ1v) is 18.8. The number of rotatable bonds is 5. The maximum Gasteiger partial charge on any atom is 0.136 e. The molecular weight excluding hydrogens is 663 g/mol. The van der Waals surface area contributed by atoms with Crippen LogP contribution in [0.15, 0.2) is 192 Å². The van der Waals surface area contributed by atoms with Crippen LogP contribution in [0.25, 0.3) is 85.9 Å². The zero-order valence-electron chi connectivity index (χ0n) is 28.7. The van der Waals surface area contributed by atoms with Crippen molar-refractivity contribution in [2.75, 3.05) is 4.90 Å². The molecule has 9 aromatic carbocycles. The molecule has 3 heteroatoms. The molecule has 0 spiro atoms. The molecule has 0 saturated carbocycles. The zero-order chi connectivity index (χ0) is 34.9. The fraction of sp³-hybridized carbons (Fsp3) is 0. The third-order valence-electron chi connectivity index (χ3n) is 10.6. The van der Waals surface area contributed by atoms with E-state index in [-0.39, 0.29) is 0 Å². The summed E-state index contributed by atoms with van der Waals surface area (Å²) in [7, 11) is 0. The minimum atomic E-state index is 0.895. The van der Waals surface area contributed by atoms with E-state index >= 15 is 0 Å². The lowest BCUT2D eigenvalue weighted by Crippen LogP contribution is -2.10. The molecule has 2 aromatic heterocycles. The molecule has 2 nitrogen and oxygen atoms in total. The Morgan fingerprint density at radius 2 is 1.02 bits per heavy atom. The molecule has 0 fully saturated rings. The van der Waals surface area contributed by atoms with Crippen molar-refractivity contribution < 1.29 is 4.42 Å². The molecule has 0 bridgehead atoms. The van der Waals surface area contributed by atoms with Gasteiger partial charge < -0.3 is 9.32 Å². The van der Waals surface area contributed by atoms with Crippen molar-refractivity contribution in [3.8, 4) is 22.3 Å². The summed E-state index contributed by atoms with van der Waals surface area (Å²) in [5, 5.41) is 9.65. The number of hydrogen-bond acceptors (Lipinski definition) is 3. The van der Waals surface area contributed by atoms with Crippen LogP contribution in [0.3, 0.4) is 0 Å². The van der Waals surface area contributed by atoms with E-state index in [4.69, 9.17) is 4.42 Å². The Morgan fingerprint density at radius 1 is 0.358 bits per heavy atom. The van der Waals surface area contributed by atoms with Gasteiger partial charge >= 0.3 is 0 Å². The highest BCUT2D eigenvalue weighted by Crippen LogP contribution is 2.48. The molecule has 248 valence electrons. The van der Waals surface area contributed by atoms with E-state index in [2.05, 4.69) is 193 Å². The second-order valence-electron chi connectivity index (χ2n) is 13.7. The second kappa shape index (κ2) is 11.9. The van der Waals surface area contributed by atoms with Crippen molar-refractivity contribution >= 4 is 92.1 Å². The van der Waals surface area contributed by atoms with Crippen LogP contribution in [-0.2, 0) is 0 Å². The fourth-order valence-corrected chi connectivity index (χ4v) is 9.27. The van der Waals surface area contributed by atoms with Gasteiger partial charge in [0, 0.05) is 42.0 Å². The van der Waals surface area contributed by atoms with Gasteiger partial charge in [0.1, 0.15) is 11.2 Å². The van der Waals surface area contributed by atoms with Crippen molar-refractivity contribution in [3.63, 3.8) is 0 Å². The number of thiophene rings is 1. The average Bonchev–Trinajstić information content (AvgIpc) is 3.80.